The molecule has 0 aliphatic heterocycles. The monoisotopic (exact) mass is 449 g/mol. The van der Waals surface area contributed by atoms with Crippen molar-refractivity contribution in [2.45, 2.75) is 6.42 Å². The van der Waals surface area contributed by atoms with Crippen molar-refractivity contribution in [1.82, 2.24) is 4.98 Å². The summed E-state index contributed by atoms with van der Waals surface area (Å²) >= 11 is 3.15. The van der Waals surface area contributed by atoms with E-state index in [-0.39, 0.29) is 18.2 Å². The van der Waals surface area contributed by atoms with Gasteiger partial charge >= 0.3 is 0 Å². The molecule has 0 aliphatic rings. The number of ether oxygens (including phenoxy) is 1. The van der Waals surface area contributed by atoms with Gasteiger partial charge in [0.2, 0.25) is 5.91 Å². The predicted molar refractivity (Wildman–Crippen MR) is 125 cm³/mol. The second-order valence-corrected chi connectivity index (χ2v) is 8.38. The van der Waals surface area contributed by atoms with Gasteiger partial charge in [0, 0.05) is 16.6 Å². The molecule has 2 N–H and O–H groups in total. The van der Waals surface area contributed by atoms with E-state index in [0.29, 0.717) is 22.7 Å². The average Bonchev–Trinajstić information content (AvgIpc) is 3.46. The van der Waals surface area contributed by atoms with E-state index < -0.39 is 0 Å². The molecule has 8 heteroatoms. The van der Waals surface area contributed by atoms with E-state index in [2.05, 4.69) is 15.6 Å². The molecular formula is C23H19N3O3S2. The molecule has 0 saturated carbocycles. The molecule has 4 rings (SSSR count). The fraction of sp³-hybridized carbons (Fsp3) is 0.0870. The number of thiophene rings is 1. The van der Waals surface area contributed by atoms with Crippen molar-refractivity contribution in [3.63, 3.8) is 0 Å². The number of thiazole rings is 1. The third-order valence-electron chi connectivity index (χ3n) is 4.41. The third-order valence-corrected chi connectivity index (χ3v) is 6.34. The van der Waals surface area contributed by atoms with Crippen LogP contribution in [-0.4, -0.2) is 23.9 Å². The van der Waals surface area contributed by atoms with Crippen LogP contribution >= 0.6 is 22.7 Å². The Morgan fingerprint density at radius 2 is 1.77 bits per heavy atom. The molecule has 0 saturated heterocycles. The minimum absolute atomic E-state index is 0.158. The largest absolute Gasteiger partial charge is 0.495 e. The van der Waals surface area contributed by atoms with Gasteiger partial charge in [-0.3, -0.25) is 9.59 Å². The van der Waals surface area contributed by atoms with E-state index in [1.807, 2.05) is 35.0 Å². The van der Waals surface area contributed by atoms with Crippen molar-refractivity contribution in [2.75, 3.05) is 17.7 Å². The van der Waals surface area contributed by atoms with Crippen LogP contribution in [0.3, 0.4) is 0 Å². The molecule has 0 spiro atoms. The minimum atomic E-state index is -0.258. The van der Waals surface area contributed by atoms with Crippen LogP contribution in [0.4, 0.5) is 11.4 Å². The van der Waals surface area contributed by atoms with Crippen LogP contribution in [0.15, 0.2) is 71.4 Å². The molecule has 156 valence electrons. The molecule has 2 aromatic carbocycles. The van der Waals surface area contributed by atoms with Crippen molar-refractivity contribution in [1.29, 1.82) is 0 Å². The lowest BCUT2D eigenvalue weighted by atomic mass is 10.1. The number of carbonyl (C=O) groups is 2. The van der Waals surface area contributed by atoms with Crippen molar-refractivity contribution in [3.8, 4) is 15.6 Å². The highest BCUT2D eigenvalue weighted by Gasteiger charge is 2.12. The van der Waals surface area contributed by atoms with Gasteiger partial charge in [0.25, 0.3) is 5.91 Å². The van der Waals surface area contributed by atoms with Crippen LogP contribution in [0.5, 0.6) is 5.75 Å². The number of rotatable bonds is 7. The highest BCUT2D eigenvalue weighted by molar-refractivity contribution is 7.20. The van der Waals surface area contributed by atoms with Crippen molar-refractivity contribution < 1.29 is 14.3 Å². The fourth-order valence-electron chi connectivity index (χ4n) is 2.92. The van der Waals surface area contributed by atoms with Crippen molar-refractivity contribution >= 4 is 45.9 Å². The van der Waals surface area contributed by atoms with E-state index in [1.165, 1.54) is 11.3 Å². The number of nitrogens with one attached hydrogen (secondary N) is 2. The van der Waals surface area contributed by atoms with E-state index in [0.717, 1.165) is 15.6 Å². The SMILES string of the molecule is COc1ccccc1NC(=O)c1ccc(NC(=O)Cc2csc(-c3cccs3)n2)cc1. The number of hydrogen-bond acceptors (Lipinski definition) is 6. The summed E-state index contributed by atoms with van der Waals surface area (Å²) in [4.78, 5) is 30.5. The third kappa shape index (κ3) is 5.17. The van der Waals surface area contributed by atoms with Gasteiger partial charge in [-0.2, -0.15) is 0 Å². The summed E-state index contributed by atoms with van der Waals surface area (Å²) in [6, 6.07) is 17.9. The molecule has 0 bridgehead atoms. The predicted octanol–water partition coefficient (Wildman–Crippen LogP) is 5.31. The first-order valence-corrected chi connectivity index (χ1v) is 11.2. The standard InChI is InChI=1S/C23H19N3O3S2/c1-29-19-6-3-2-5-18(19)26-22(28)15-8-10-16(11-9-15)24-21(27)13-17-14-31-23(25-17)20-7-4-12-30-20/h2-12,14H,13H2,1H3,(H,24,27)(H,26,28). The molecule has 2 amide bonds. The van der Waals surface area contributed by atoms with Crippen LogP contribution in [0.1, 0.15) is 16.1 Å². The Labute approximate surface area is 187 Å². The zero-order valence-electron chi connectivity index (χ0n) is 16.6. The van der Waals surface area contributed by atoms with E-state index in [1.54, 1.807) is 54.8 Å². The van der Waals surface area contributed by atoms with Gasteiger partial charge in [-0.05, 0) is 47.8 Å². The lowest BCUT2D eigenvalue weighted by molar-refractivity contribution is -0.115. The maximum absolute atomic E-state index is 12.5. The Morgan fingerprint density at radius 1 is 0.968 bits per heavy atom. The van der Waals surface area contributed by atoms with Gasteiger partial charge in [0.15, 0.2) is 0 Å². The fourth-order valence-corrected chi connectivity index (χ4v) is 4.55. The number of hydrogen-bond donors (Lipinski definition) is 2. The maximum Gasteiger partial charge on any atom is 0.255 e. The molecule has 0 aliphatic carbocycles. The van der Waals surface area contributed by atoms with E-state index in [4.69, 9.17) is 4.74 Å². The molecule has 4 aromatic rings. The molecule has 6 nitrogen and oxygen atoms in total. The smallest absolute Gasteiger partial charge is 0.255 e. The van der Waals surface area contributed by atoms with Crippen molar-refractivity contribution in [2.24, 2.45) is 0 Å². The summed E-state index contributed by atoms with van der Waals surface area (Å²) in [5.41, 5.74) is 2.42. The first kappa shape index (κ1) is 20.8. The Balaban J connectivity index is 1.35. The van der Waals surface area contributed by atoms with Gasteiger partial charge in [-0.1, -0.05) is 18.2 Å². The number of aromatic nitrogens is 1. The first-order chi connectivity index (χ1) is 15.1. The van der Waals surface area contributed by atoms with Gasteiger partial charge in [-0.15, -0.1) is 22.7 Å². The van der Waals surface area contributed by atoms with Crippen LogP contribution in [0, 0.1) is 0 Å². The Hall–Kier alpha value is -3.49. The summed E-state index contributed by atoms with van der Waals surface area (Å²) in [7, 11) is 1.55. The number of benzene rings is 2. The topological polar surface area (TPSA) is 80.3 Å². The normalized spacial score (nSPS) is 10.5. The van der Waals surface area contributed by atoms with Crippen LogP contribution < -0.4 is 15.4 Å². The summed E-state index contributed by atoms with van der Waals surface area (Å²) in [6.45, 7) is 0. The lowest BCUT2D eigenvalue weighted by Crippen LogP contribution is -2.15. The number of methoxy groups -OCH3 is 1. The molecule has 2 aromatic heterocycles. The number of carbonyl (C=O) groups excluding carboxylic acids is 2. The van der Waals surface area contributed by atoms with E-state index >= 15 is 0 Å². The second kappa shape index (κ2) is 9.55. The zero-order valence-corrected chi connectivity index (χ0v) is 18.3. The van der Waals surface area contributed by atoms with Gasteiger partial charge in [0.1, 0.15) is 10.8 Å². The molecule has 0 radical (unpaired) electrons. The Bertz CT molecular complexity index is 1190. The minimum Gasteiger partial charge on any atom is -0.495 e. The van der Waals surface area contributed by atoms with Crippen molar-refractivity contribution in [3.05, 3.63) is 82.7 Å². The highest BCUT2D eigenvalue weighted by Crippen LogP contribution is 2.28. The molecule has 2 heterocycles. The number of anilines is 2. The number of para-hydroxylation sites is 2. The molecule has 0 fully saturated rings. The summed E-state index contributed by atoms with van der Waals surface area (Å²) in [6.07, 6.45) is 0.192. The second-order valence-electron chi connectivity index (χ2n) is 6.58. The summed E-state index contributed by atoms with van der Waals surface area (Å²) in [5.74, 6) is 0.171. The average molecular weight is 450 g/mol. The molecular weight excluding hydrogens is 430 g/mol. The van der Waals surface area contributed by atoms with Crippen LogP contribution in [-0.2, 0) is 11.2 Å². The van der Waals surface area contributed by atoms with Gasteiger partial charge in [-0.25, -0.2) is 4.98 Å². The van der Waals surface area contributed by atoms with Crippen LogP contribution in [0.2, 0.25) is 0 Å². The molecule has 0 unspecified atom stereocenters. The Morgan fingerprint density at radius 3 is 2.52 bits per heavy atom. The van der Waals surface area contributed by atoms with E-state index in [9.17, 15) is 9.59 Å². The van der Waals surface area contributed by atoms with Gasteiger partial charge in [0.05, 0.1) is 29.8 Å². The van der Waals surface area contributed by atoms with Crippen LogP contribution in [0.25, 0.3) is 9.88 Å². The van der Waals surface area contributed by atoms with Gasteiger partial charge < -0.3 is 15.4 Å². The Kier molecular flexibility index (Phi) is 6.40. The quantitative estimate of drug-likeness (QED) is 0.400. The highest BCUT2D eigenvalue weighted by atomic mass is 32.1. The molecule has 0 atom stereocenters. The zero-order chi connectivity index (χ0) is 21.6. The first-order valence-electron chi connectivity index (χ1n) is 9.45. The molecule has 31 heavy (non-hydrogen) atoms. The maximum atomic E-state index is 12.5. The summed E-state index contributed by atoms with van der Waals surface area (Å²) in [5, 5.41) is 10.5. The lowest BCUT2D eigenvalue weighted by Gasteiger charge is -2.10. The summed E-state index contributed by atoms with van der Waals surface area (Å²) < 4.78 is 5.25. The number of nitrogens with zero attached hydrogens (tertiary/aromatic N) is 1. The number of amides is 2.